The highest BCUT2D eigenvalue weighted by molar-refractivity contribution is 8.14. The van der Waals surface area contributed by atoms with Crippen LogP contribution in [0.2, 0.25) is 5.02 Å². The van der Waals surface area contributed by atoms with Crippen molar-refractivity contribution in [2.75, 3.05) is 11.1 Å². The van der Waals surface area contributed by atoms with Gasteiger partial charge in [0.1, 0.15) is 0 Å². The molecule has 29 heavy (non-hydrogen) atoms. The first-order valence-corrected chi connectivity index (χ1v) is 10.3. The zero-order valence-corrected chi connectivity index (χ0v) is 17.1. The van der Waals surface area contributed by atoms with E-state index in [4.69, 9.17) is 17.3 Å². The lowest BCUT2D eigenvalue weighted by Gasteiger charge is -2.18. The summed E-state index contributed by atoms with van der Waals surface area (Å²) in [5, 5.41) is 7.99. The largest absolute Gasteiger partial charge is 0.370 e. The fraction of sp³-hybridized carbons (Fsp3) is 0.150. The first kappa shape index (κ1) is 19.4. The number of amidine groups is 1. The molecule has 1 aliphatic rings. The molecule has 2 aromatic carbocycles. The Labute approximate surface area is 176 Å². The fourth-order valence-electron chi connectivity index (χ4n) is 3.03. The number of aliphatic imine (C=N–C) groups is 2. The highest BCUT2D eigenvalue weighted by Crippen LogP contribution is 2.29. The van der Waals surface area contributed by atoms with Gasteiger partial charge in [-0.3, -0.25) is 4.79 Å². The van der Waals surface area contributed by atoms with Crippen molar-refractivity contribution in [2.45, 2.75) is 13.1 Å². The quantitative estimate of drug-likeness (QED) is 0.509. The minimum Gasteiger partial charge on any atom is -0.370 e. The maximum absolute atomic E-state index is 12.4. The summed E-state index contributed by atoms with van der Waals surface area (Å²) in [4.78, 5) is 24.6. The smallest absolute Gasteiger partial charge is 0.234 e. The first-order valence-electron chi connectivity index (χ1n) is 8.93. The van der Waals surface area contributed by atoms with Crippen LogP contribution < -0.4 is 16.4 Å². The Morgan fingerprint density at radius 3 is 2.93 bits per heavy atom. The standard InChI is InChI=1S/C20H19ClN6OS/c1-11-14(21)6-4-8-15(11)24-17(28)10-29-20-26-18(25-19(22)27-20)13-9-23-16-7-3-2-5-12(13)16/h2-9,18,23H,10H2,1H3,(H,24,28)(H3,22,25,26,27)/t18-/m0/s1. The van der Waals surface area contributed by atoms with Crippen molar-refractivity contribution in [2.24, 2.45) is 15.7 Å². The van der Waals surface area contributed by atoms with E-state index in [0.29, 0.717) is 15.9 Å². The van der Waals surface area contributed by atoms with E-state index >= 15 is 0 Å². The summed E-state index contributed by atoms with van der Waals surface area (Å²) < 4.78 is 0. The number of hydrogen-bond acceptors (Lipinski definition) is 6. The molecular formula is C20H19ClN6OS. The Hall–Kier alpha value is -2.97. The third-order valence-corrected chi connectivity index (χ3v) is 5.81. The van der Waals surface area contributed by atoms with Gasteiger partial charge in [-0.1, -0.05) is 47.6 Å². The topological polar surface area (TPSA) is 108 Å². The van der Waals surface area contributed by atoms with E-state index < -0.39 is 6.17 Å². The molecular weight excluding hydrogens is 408 g/mol. The monoisotopic (exact) mass is 426 g/mol. The molecule has 1 amide bonds. The van der Waals surface area contributed by atoms with Crippen molar-refractivity contribution in [3.05, 3.63) is 64.8 Å². The summed E-state index contributed by atoms with van der Waals surface area (Å²) in [6.45, 7) is 1.86. The Morgan fingerprint density at radius 1 is 1.24 bits per heavy atom. The molecule has 0 unspecified atom stereocenters. The van der Waals surface area contributed by atoms with E-state index in [1.807, 2.05) is 43.5 Å². The van der Waals surface area contributed by atoms with Crippen LogP contribution in [0.1, 0.15) is 17.3 Å². The molecule has 3 aromatic rings. The molecule has 0 saturated carbocycles. The van der Waals surface area contributed by atoms with Crippen LogP contribution in [-0.2, 0) is 4.79 Å². The van der Waals surface area contributed by atoms with Crippen molar-refractivity contribution in [3.63, 3.8) is 0 Å². The number of benzene rings is 2. The Kier molecular flexibility index (Phi) is 5.46. The van der Waals surface area contributed by atoms with Crippen LogP contribution in [-0.4, -0.2) is 27.8 Å². The molecule has 5 N–H and O–H groups in total. The van der Waals surface area contributed by atoms with E-state index in [2.05, 4.69) is 25.6 Å². The third-order valence-electron chi connectivity index (χ3n) is 4.52. The van der Waals surface area contributed by atoms with Gasteiger partial charge in [0.15, 0.2) is 17.3 Å². The van der Waals surface area contributed by atoms with Gasteiger partial charge in [-0.2, -0.15) is 0 Å². The molecule has 9 heteroatoms. The second kappa shape index (κ2) is 8.18. The number of hydrogen-bond donors (Lipinski definition) is 4. The number of carbonyl (C=O) groups excluding carboxylic acids is 1. The lowest BCUT2D eigenvalue weighted by Crippen LogP contribution is -2.39. The molecule has 2 heterocycles. The minimum atomic E-state index is -0.465. The summed E-state index contributed by atoms with van der Waals surface area (Å²) >= 11 is 7.37. The normalized spacial score (nSPS) is 16.1. The summed E-state index contributed by atoms with van der Waals surface area (Å²) in [5.74, 6) is 0.282. The number of anilines is 1. The van der Waals surface area contributed by atoms with Crippen LogP contribution in [0.4, 0.5) is 5.69 Å². The van der Waals surface area contributed by atoms with Crippen LogP contribution in [0.5, 0.6) is 0 Å². The maximum atomic E-state index is 12.4. The summed E-state index contributed by atoms with van der Waals surface area (Å²) in [6.07, 6.45) is 1.42. The Balaban J connectivity index is 1.46. The van der Waals surface area contributed by atoms with Crippen molar-refractivity contribution in [1.82, 2.24) is 10.3 Å². The molecule has 0 spiro atoms. The summed E-state index contributed by atoms with van der Waals surface area (Å²) in [6, 6.07) is 13.3. The number of nitrogens with one attached hydrogen (secondary N) is 3. The predicted octanol–water partition coefficient (Wildman–Crippen LogP) is 3.77. The van der Waals surface area contributed by atoms with Crippen molar-refractivity contribution < 1.29 is 4.79 Å². The molecule has 0 aliphatic carbocycles. The summed E-state index contributed by atoms with van der Waals surface area (Å²) in [7, 11) is 0. The van der Waals surface area contributed by atoms with Crippen LogP contribution >= 0.6 is 23.4 Å². The average Bonchev–Trinajstić information content (AvgIpc) is 3.14. The zero-order chi connectivity index (χ0) is 20.4. The average molecular weight is 427 g/mol. The van der Waals surface area contributed by atoms with Gasteiger partial charge < -0.3 is 21.4 Å². The van der Waals surface area contributed by atoms with Gasteiger partial charge in [0.25, 0.3) is 0 Å². The van der Waals surface area contributed by atoms with Crippen LogP contribution in [0.15, 0.2) is 58.6 Å². The first-order chi connectivity index (χ1) is 14.0. The number of fused-ring (bicyclic) bond motifs is 1. The van der Waals surface area contributed by atoms with Gasteiger partial charge in [0, 0.05) is 33.4 Å². The second-order valence-electron chi connectivity index (χ2n) is 6.49. The maximum Gasteiger partial charge on any atom is 0.234 e. The van der Waals surface area contributed by atoms with Crippen molar-refractivity contribution >= 4 is 57.0 Å². The number of carbonyl (C=O) groups is 1. The molecule has 7 nitrogen and oxygen atoms in total. The minimum absolute atomic E-state index is 0.158. The number of nitrogens with zero attached hydrogens (tertiary/aromatic N) is 2. The molecule has 1 atom stereocenters. The number of aromatic amines is 1. The molecule has 4 rings (SSSR count). The number of H-pyrrole nitrogens is 1. The SMILES string of the molecule is Cc1c(Cl)cccc1NC(=O)CSC1=N[C@@H](c2c[nH]c3ccccc23)N=C(N)N1. The number of halogens is 1. The van der Waals surface area contributed by atoms with Gasteiger partial charge in [0.2, 0.25) is 5.91 Å². The molecule has 1 aliphatic heterocycles. The van der Waals surface area contributed by atoms with Gasteiger partial charge in [-0.05, 0) is 30.7 Å². The molecule has 148 valence electrons. The molecule has 0 bridgehead atoms. The van der Waals surface area contributed by atoms with E-state index in [1.54, 1.807) is 12.1 Å². The van der Waals surface area contributed by atoms with Gasteiger partial charge in [-0.15, -0.1) is 0 Å². The van der Waals surface area contributed by atoms with Gasteiger partial charge in [-0.25, -0.2) is 9.98 Å². The van der Waals surface area contributed by atoms with Gasteiger partial charge >= 0.3 is 0 Å². The van der Waals surface area contributed by atoms with E-state index in [9.17, 15) is 4.79 Å². The van der Waals surface area contributed by atoms with Crippen LogP contribution in [0.25, 0.3) is 10.9 Å². The third kappa shape index (κ3) is 4.23. The molecule has 0 radical (unpaired) electrons. The van der Waals surface area contributed by atoms with Crippen LogP contribution in [0.3, 0.4) is 0 Å². The highest BCUT2D eigenvalue weighted by Gasteiger charge is 2.20. The molecule has 0 saturated heterocycles. The number of thioether (sulfide) groups is 1. The van der Waals surface area contributed by atoms with E-state index in [-0.39, 0.29) is 17.6 Å². The number of guanidine groups is 1. The van der Waals surface area contributed by atoms with Crippen LogP contribution in [0, 0.1) is 6.92 Å². The number of nitrogens with two attached hydrogens (primary N) is 1. The molecule has 1 aromatic heterocycles. The van der Waals surface area contributed by atoms with Crippen molar-refractivity contribution in [1.29, 1.82) is 0 Å². The zero-order valence-electron chi connectivity index (χ0n) is 15.6. The Morgan fingerprint density at radius 2 is 2.07 bits per heavy atom. The van der Waals surface area contributed by atoms with E-state index in [0.717, 1.165) is 22.0 Å². The number of rotatable bonds is 4. The number of amides is 1. The van der Waals surface area contributed by atoms with Gasteiger partial charge in [0.05, 0.1) is 5.75 Å². The van der Waals surface area contributed by atoms with Crippen molar-refractivity contribution in [3.8, 4) is 0 Å². The molecule has 0 fully saturated rings. The predicted molar refractivity (Wildman–Crippen MR) is 121 cm³/mol. The second-order valence-corrected chi connectivity index (χ2v) is 7.86. The number of para-hydroxylation sites is 1. The lowest BCUT2D eigenvalue weighted by atomic mass is 10.1. The highest BCUT2D eigenvalue weighted by atomic mass is 35.5. The van der Waals surface area contributed by atoms with E-state index in [1.165, 1.54) is 11.8 Å². The fourth-order valence-corrected chi connectivity index (χ4v) is 3.89. The lowest BCUT2D eigenvalue weighted by molar-refractivity contribution is -0.113. The Bertz CT molecular complexity index is 1140. The number of aromatic nitrogens is 1. The summed E-state index contributed by atoms with van der Waals surface area (Å²) in [5.41, 5.74) is 9.42.